The molecule has 1 heterocycles. The van der Waals surface area contributed by atoms with E-state index in [1.165, 1.54) is 0 Å². The fourth-order valence-electron chi connectivity index (χ4n) is 2.18. The van der Waals surface area contributed by atoms with Crippen LogP contribution in [0.1, 0.15) is 18.2 Å². The molecule has 0 aliphatic rings. The highest BCUT2D eigenvalue weighted by molar-refractivity contribution is 5.81. The highest BCUT2D eigenvalue weighted by Crippen LogP contribution is 2.27. The van der Waals surface area contributed by atoms with E-state index < -0.39 is 0 Å². The second-order valence-electron chi connectivity index (χ2n) is 4.22. The van der Waals surface area contributed by atoms with Gasteiger partial charge in [0, 0.05) is 5.69 Å². The number of carbonyl (C=O) groups is 1. The summed E-state index contributed by atoms with van der Waals surface area (Å²) in [5.74, 6) is 0. The second-order valence-corrected chi connectivity index (χ2v) is 4.22. The molecule has 94 valence electrons. The summed E-state index contributed by atoms with van der Waals surface area (Å²) in [6.45, 7) is 6.11. The van der Waals surface area contributed by atoms with Gasteiger partial charge in [0.25, 0.3) is 0 Å². The summed E-state index contributed by atoms with van der Waals surface area (Å²) >= 11 is 0. The monoisotopic (exact) mass is 243 g/mol. The summed E-state index contributed by atoms with van der Waals surface area (Å²) < 4.78 is 6.74. The van der Waals surface area contributed by atoms with Gasteiger partial charge in [-0.1, -0.05) is 30.3 Å². The van der Waals surface area contributed by atoms with Crippen molar-refractivity contribution < 1.29 is 9.53 Å². The molecular weight excluding hydrogens is 226 g/mol. The van der Waals surface area contributed by atoms with Crippen LogP contribution in [0.4, 0.5) is 4.79 Å². The maximum atomic E-state index is 12.0. The molecule has 0 saturated heterocycles. The lowest BCUT2D eigenvalue weighted by Gasteiger charge is -2.10. The van der Waals surface area contributed by atoms with Crippen LogP contribution in [-0.4, -0.2) is 17.3 Å². The third-order valence-electron chi connectivity index (χ3n) is 2.87. The molecule has 18 heavy (non-hydrogen) atoms. The molecule has 2 aromatic rings. The topological polar surface area (TPSA) is 31.2 Å². The second kappa shape index (κ2) is 5.08. The van der Waals surface area contributed by atoms with Crippen LogP contribution >= 0.6 is 0 Å². The van der Waals surface area contributed by atoms with Gasteiger partial charge in [0.05, 0.1) is 12.3 Å². The molecule has 0 bridgehead atoms. The van der Waals surface area contributed by atoms with E-state index >= 15 is 0 Å². The summed E-state index contributed by atoms with van der Waals surface area (Å²) in [6.07, 6.45) is -0.318. The molecule has 0 aliphatic carbocycles. The first-order chi connectivity index (χ1) is 8.65. The molecule has 0 atom stereocenters. The Hall–Kier alpha value is -2.03. The van der Waals surface area contributed by atoms with Crippen molar-refractivity contribution in [3.05, 3.63) is 47.7 Å². The Bertz CT molecular complexity index is 555. The predicted molar refractivity (Wildman–Crippen MR) is 71.8 cm³/mol. The van der Waals surface area contributed by atoms with Crippen LogP contribution in [-0.2, 0) is 4.74 Å². The van der Waals surface area contributed by atoms with Gasteiger partial charge in [0.1, 0.15) is 0 Å². The highest BCUT2D eigenvalue weighted by Gasteiger charge is 2.17. The summed E-state index contributed by atoms with van der Waals surface area (Å²) in [5.41, 5.74) is 3.90. The zero-order valence-corrected chi connectivity index (χ0v) is 10.9. The Morgan fingerprint density at radius 2 is 1.89 bits per heavy atom. The number of carbonyl (C=O) groups excluding carboxylic acids is 1. The van der Waals surface area contributed by atoms with Crippen LogP contribution < -0.4 is 0 Å². The fraction of sp³-hybridized carbons (Fsp3) is 0.267. The molecule has 0 spiro atoms. The lowest BCUT2D eigenvalue weighted by atomic mass is 10.1. The maximum Gasteiger partial charge on any atom is 0.418 e. The van der Waals surface area contributed by atoms with Crippen LogP contribution in [0.5, 0.6) is 0 Å². The van der Waals surface area contributed by atoms with Gasteiger partial charge in [-0.15, -0.1) is 0 Å². The molecule has 0 amide bonds. The van der Waals surface area contributed by atoms with Gasteiger partial charge in [0.2, 0.25) is 0 Å². The van der Waals surface area contributed by atoms with Crippen LogP contribution in [0.3, 0.4) is 0 Å². The molecule has 0 N–H and O–H groups in total. The van der Waals surface area contributed by atoms with Crippen molar-refractivity contribution in [3.8, 4) is 11.3 Å². The Labute approximate surface area is 107 Å². The molecule has 0 fully saturated rings. The Morgan fingerprint density at radius 3 is 2.50 bits per heavy atom. The number of hydrogen-bond donors (Lipinski definition) is 0. The lowest BCUT2D eigenvalue weighted by molar-refractivity contribution is 0.154. The first kappa shape index (κ1) is 12.4. The van der Waals surface area contributed by atoms with Gasteiger partial charge in [-0.2, -0.15) is 0 Å². The van der Waals surface area contributed by atoms with Crippen molar-refractivity contribution in [1.29, 1.82) is 0 Å². The first-order valence-electron chi connectivity index (χ1n) is 6.06. The third kappa shape index (κ3) is 2.16. The summed E-state index contributed by atoms with van der Waals surface area (Å²) in [6, 6.07) is 11.9. The van der Waals surface area contributed by atoms with Gasteiger partial charge in [0.15, 0.2) is 0 Å². The lowest BCUT2D eigenvalue weighted by Crippen LogP contribution is -2.16. The van der Waals surface area contributed by atoms with Crippen molar-refractivity contribution in [2.75, 3.05) is 6.61 Å². The van der Waals surface area contributed by atoms with Crippen LogP contribution in [0.15, 0.2) is 36.4 Å². The standard InChI is InChI=1S/C15H17NO2/c1-4-18-15(17)16-12(3)10-11(2)14(16)13-8-6-5-7-9-13/h5-10H,4H2,1-3H3. The quantitative estimate of drug-likeness (QED) is 0.803. The minimum absolute atomic E-state index is 0.318. The van der Waals surface area contributed by atoms with Crippen molar-refractivity contribution in [2.45, 2.75) is 20.8 Å². The molecule has 2 rings (SSSR count). The number of aryl methyl sites for hydroxylation is 2. The molecule has 3 heteroatoms. The Balaban J connectivity index is 2.57. The number of aromatic nitrogens is 1. The Kier molecular flexibility index (Phi) is 3.51. The van der Waals surface area contributed by atoms with Crippen molar-refractivity contribution >= 4 is 6.09 Å². The number of ether oxygens (including phenoxy) is 1. The minimum Gasteiger partial charge on any atom is -0.449 e. The summed E-state index contributed by atoms with van der Waals surface area (Å²) in [5, 5.41) is 0. The number of benzene rings is 1. The van der Waals surface area contributed by atoms with E-state index in [0.29, 0.717) is 6.61 Å². The average molecular weight is 243 g/mol. The van der Waals surface area contributed by atoms with Gasteiger partial charge >= 0.3 is 6.09 Å². The summed E-state index contributed by atoms with van der Waals surface area (Å²) in [4.78, 5) is 12.0. The van der Waals surface area contributed by atoms with E-state index in [1.54, 1.807) is 4.57 Å². The zero-order chi connectivity index (χ0) is 13.1. The molecule has 0 saturated carbocycles. The zero-order valence-electron chi connectivity index (χ0n) is 10.9. The molecule has 3 nitrogen and oxygen atoms in total. The van der Waals surface area contributed by atoms with Crippen molar-refractivity contribution in [1.82, 2.24) is 4.57 Å². The summed E-state index contributed by atoms with van der Waals surface area (Å²) in [7, 11) is 0. The third-order valence-corrected chi connectivity index (χ3v) is 2.87. The molecule has 1 aromatic heterocycles. The van der Waals surface area contributed by atoms with Crippen LogP contribution in [0.2, 0.25) is 0 Å². The van der Waals surface area contributed by atoms with Gasteiger partial charge < -0.3 is 4.74 Å². The SMILES string of the molecule is CCOC(=O)n1c(C)cc(C)c1-c1ccccc1. The van der Waals surface area contributed by atoms with E-state index in [0.717, 1.165) is 22.5 Å². The number of hydrogen-bond acceptors (Lipinski definition) is 2. The van der Waals surface area contributed by atoms with E-state index in [4.69, 9.17) is 4.74 Å². The van der Waals surface area contributed by atoms with Crippen molar-refractivity contribution in [3.63, 3.8) is 0 Å². The van der Waals surface area contributed by atoms with E-state index in [2.05, 4.69) is 0 Å². The van der Waals surface area contributed by atoms with E-state index in [9.17, 15) is 4.79 Å². The van der Waals surface area contributed by atoms with E-state index in [-0.39, 0.29) is 6.09 Å². The minimum atomic E-state index is -0.318. The molecule has 1 aromatic carbocycles. The van der Waals surface area contributed by atoms with Crippen LogP contribution in [0, 0.1) is 13.8 Å². The molecule has 0 aliphatic heterocycles. The fourth-order valence-corrected chi connectivity index (χ4v) is 2.18. The van der Waals surface area contributed by atoms with Crippen LogP contribution in [0.25, 0.3) is 11.3 Å². The van der Waals surface area contributed by atoms with Gasteiger partial charge in [-0.25, -0.2) is 9.36 Å². The smallest absolute Gasteiger partial charge is 0.418 e. The maximum absolute atomic E-state index is 12.0. The van der Waals surface area contributed by atoms with Gasteiger partial charge in [-0.05, 0) is 38.0 Å². The largest absolute Gasteiger partial charge is 0.449 e. The molecular formula is C15H17NO2. The predicted octanol–water partition coefficient (Wildman–Crippen LogP) is 3.78. The number of nitrogens with zero attached hydrogens (tertiary/aromatic N) is 1. The Morgan fingerprint density at radius 1 is 1.22 bits per heavy atom. The number of rotatable bonds is 2. The normalized spacial score (nSPS) is 10.4. The molecule has 0 unspecified atom stereocenters. The first-order valence-corrected chi connectivity index (χ1v) is 6.06. The van der Waals surface area contributed by atoms with Crippen molar-refractivity contribution in [2.24, 2.45) is 0 Å². The highest BCUT2D eigenvalue weighted by atomic mass is 16.5. The van der Waals surface area contributed by atoms with Gasteiger partial charge in [-0.3, -0.25) is 0 Å². The average Bonchev–Trinajstić information content (AvgIpc) is 2.65. The van der Waals surface area contributed by atoms with E-state index in [1.807, 2.05) is 57.2 Å². The molecule has 0 radical (unpaired) electrons.